The Balaban J connectivity index is 1.50. The number of benzene rings is 2. The van der Waals surface area contributed by atoms with Gasteiger partial charge in [0.25, 0.3) is 0 Å². The van der Waals surface area contributed by atoms with Crippen LogP contribution in [0.15, 0.2) is 36.4 Å². The Morgan fingerprint density at radius 2 is 1.80 bits per heavy atom. The molecular weight excluding hydrogens is 530 g/mol. The molecule has 0 bridgehead atoms. The van der Waals surface area contributed by atoms with Crippen LogP contribution in [0.4, 0.5) is 0 Å². The van der Waals surface area contributed by atoms with E-state index in [9.17, 15) is 9.59 Å². The highest BCUT2D eigenvalue weighted by atomic mass is 35.5. The molecule has 0 radical (unpaired) electrons. The summed E-state index contributed by atoms with van der Waals surface area (Å²) in [4.78, 5) is 29.3. The number of ether oxygens (including phenoxy) is 3. The minimum absolute atomic E-state index is 0.0323. The van der Waals surface area contributed by atoms with Crippen molar-refractivity contribution in [3.63, 3.8) is 0 Å². The second kappa shape index (κ2) is 13.7. The maximum Gasteiger partial charge on any atom is 0.225 e. The molecule has 0 unspecified atom stereocenters. The zero-order valence-electron chi connectivity index (χ0n) is 24.1. The lowest BCUT2D eigenvalue weighted by Gasteiger charge is -2.43. The zero-order valence-corrected chi connectivity index (χ0v) is 24.9. The summed E-state index contributed by atoms with van der Waals surface area (Å²) in [6.07, 6.45) is 1.71. The molecule has 0 saturated carbocycles. The van der Waals surface area contributed by atoms with Gasteiger partial charge in [0.1, 0.15) is 23.7 Å². The van der Waals surface area contributed by atoms with Gasteiger partial charge in [-0.1, -0.05) is 29.8 Å². The Morgan fingerprint density at radius 3 is 2.48 bits per heavy atom. The number of piperidine rings is 1. The van der Waals surface area contributed by atoms with Crippen molar-refractivity contribution in [2.75, 3.05) is 46.0 Å². The van der Waals surface area contributed by atoms with Gasteiger partial charge >= 0.3 is 0 Å². The van der Waals surface area contributed by atoms with Crippen LogP contribution in [-0.4, -0.2) is 79.3 Å². The molecule has 2 aromatic rings. The summed E-state index contributed by atoms with van der Waals surface area (Å²) in [6, 6.07) is 12.1. The number of amides is 2. The van der Waals surface area contributed by atoms with Gasteiger partial charge in [0.15, 0.2) is 0 Å². The van der Waals surface area contributed by atoms with Crippen LogP contribution in [0.3, 0.4) is 0 Å². The molecule has 2 amide bonds. The van der Waals surface area contributed by atoms with Crippen molar-refractivity contribution in [2.45, 2.75) is 65.1 Å². The monoisotopic (exact) mass is 571 g/mol. The Labute approximate surface area is 242 Å². The lowest BCUT2D eigenvalue weighted by molar-refractivity contribution is -0.157. The van der Waals surface area contributed by atoms with Gasteiger partial charge in [-0.3, -0.25) is 14.5 Å². The summed E-state index contributed by atoms with van der Waals surface area (Å²) in [5.74, 6) is 1.61. The molecule has 218 valence electrons. The first kappa shape index (κ1) is 30.2. The third-order valence-electron chi connectivity index (χ3n) is 7.63. The van der Waals surface area contributed by atoms with Crippen molar-refractivity contribution in [1.82, 2.24) is 15.1 Å². The number of carbonyl (C=O) groups excluding carboxylic acids is 2. The van der Waals surface area contributed by atoms with Crippen LogP contribution >= 0.6 is 11.6 Å². The van der Waals surface area contributed by atoms with Crippen LogP contribution in [-0.2, 0) is 20.9 Å². The van der Waals surface area contributed by atoms with Gasteiger partial charge in [-0.2, -0.15) is 0 Å². The second-order valence-electron chi connectivity index (χ2n) is 11.0. The quantitative estimate of drug-likeness (QED) is 0.452. The van der Waals surface area contributed by atoms with Gasteiger partial charge in [-0.05, 0) is 62.9 Å². The van der Waals surface area contributed by atoms with Gasteiger partial charge in [0.05, 0.1) is 19.6 Å². The van der Waals surface area contributed by atoms with E-state index in [1.54, 1.807) is 0 Å². The van der Waals surface area contributed by atoms with E-state index in [-0.39, 0.29) is 30.9 Å². The van der Waals surface area contributed by atoms with E-state index in [2.05, 4.69) is 16.3 Å². The molecule has 0 aliphatic carbocycles. The molecule has 0 spiro atoms. The zero-order chi connectivity index (χ0) is 28.7. The lowest BCUT2D eigenvalue weighted by atomic mass is 9.95. The van der Waals surface area contributed by atoms with E-state index in [0.29, 0.717) is 45.1 Å². The van der Waals surface area contributed by atoms with Crippen LogP contribution in [0, 0.1) is 13.8 Å². The second-order valence-corrected chi connectivity index (χ2v) is 11.4. The number of aryl methyl sites for hydroxylation is 2. The van der Waals surface area contributed by atoms with Crippen molar-refractivity contribution in [3.05, 3.63) is 58.1 Å². The first-order chi connectivity index (χ1) is 19.2. The molecule has 2 fully saturated rings. The van der Waals surface area contributed by atoms with E-state index in [1.807, 2.05) is 56.0 Å². The predicted molar refractivity (Wildman–Crippen MR) is 156 cm³/mol. The Hall–Kier alpha value is -2.81. The van der Waals surface area contributed by atoms with Crippen LogP contribution in [0.25, 0.3) is 0 Å². The standard InChI is InChI=1S/C31H42ClN3O5/c1-5-38-28-9-7-6-8-25(28)19-34-14-15-40-31(20-34,21-39-27-16-22(2)30(32)23(3)17-27)18-29(37)35-12-10-26(11-13-35)33-24(4)36/h6-9,16-17,26H,5,10-15,18-21H2,1-4H3,(H,33,36)/t31-/m1/s1. The van der Waals surface area contributed by atoms with Gasteiger partial charge in [0, 0.05) is 56.3 Å². The molecule has 2 heterocycles. The Kier molecular flexibility index (Phi) is 10.3. The number of carbonyl (C=O) groups is 2. The van der Waals surface area contributed by atoms with E-state index in [4.69, 9.17) is 25.8 Å². The fourth-order valence-electron chi connectivity index (χ4n) is 5.63. The third-order valence-corrected chi connectivity index (χ3v) is 8.23. The lowest BCUT2D eigenvalue weighted by Crippen LogP contribution is -2.57. The Bertz CT molecular complexity index is 1160. The summed E-state index contributed by atoms with van der Waals surface area (Å²) in [7, 11) is 0. The molecule has 9 heteroatoms. The van der Waals surface area contributed by atoms with Crippen molar-refractivity contribution in [2.24, 2.45) is 0 Å². The van der Waals surface area contributed by atoms with Crippen LogP contribution in [0.1, 0.15) is 49.8 Å². The van der Waals surface area contributed by atoms with E-state index >= 15 is 0 Å². The number of morpholine rings is 1. The molecule has 2 saturated heterocycles. The predicted octanol–water partition coefficient (Wildman–Crippen LogP) is 4.52. The summed E-state index contributed by atoms with van der Waals surface area (Å²) in [6.45, 7) is 12.0. The smallest absolute Gasteiger partial charge is 0.225 e. The van der Waals surface area contributed by atoms with Gasteiger partial charge < -0.3 is 24.4 Å². The highest BCUT2D eigenvalue weighted by Crippen LogP contribution is 2.31. The minimum atomic E-state index is -0.814. The highest BCUT2D eigenvalue weighted by Gasteiger charge is 2.41. The number of para-hydroxylation sites is 1. The third kappa shape index (κ3) is 7.89. The average Bonchev–Trinajstić information content (AvgIpc) is 2.92. The number of rotatable bonds is 10. The maximum absolute atomic E-state index is 13.6. The van der Waals surface area contributed by atoms with Crippen LogP contribution in [0.2, 0.25) is 5.02 Å². The number of hydrogen-bond acceptors (Lipinski definition) is 6. The van der Waals surface area contributed by atoms with Crippen molar-refractivity contribution in [3.8, 4) is 11.5 Å². The number of likely N-dealkylation sites (tertiary alicyclic amines) is 1. The highest BCUT2D eigenvalue weighted by molar-refractivity contribution is 6.32. The molecule has 40 heavy (non-hydrogen) atoms. The summed E-state index contributed by atoms with van der Waals surface area (Å²) >= 11 is 6.38. The molecular formula is C31H42ClN3O5. The first-order valence-corrected chi connectivity index (χ1v) is 14.6. The number of nitrogens with zero attached hydrogens (tertiary/aromatic N) is 2. The summed E-state index contributed by atoms with van der Waals surface area (Å²) in [5, 5.41) is 3.71. The van der Waals surface area contributed by atoms with E-state index in [1.165, 1.54) is 6.92 Å². The number of hydrogen-bond donors (Lipinski definition) is 1. The van der Waals surface area contributed by atoms with Crippen molar-refractivity contribution in [1.29, 1.82) is 0 Å². The fraction of sp³-hybridized carbons (Fsp3) is 0.548. The van der Waals surface area contributed by atoms with Crippen molar-refractivity contribution >= 4 is 23.4 Å². The normalized spacial score (nSPS) is 20.3. The maximum atomic E-state index is 13.6. The SMILES string of the molecule is CCOc1ccccc1CN1CCO[C@](COc2cc(C)c(Cl)c(C)c2)(CC(=O)N2CCC(NC(C)=O)CC2)C1. The summed E-state index contributed by atoms with van der Waals surface area (Å²) < 4.78 is 18.6. The fourth-order valence-corrected chi connectivity index (χ4v) is 5.74. The van der Waals surface area contributed by atoms with Gasteiger partial charge in [-0.25, -0.2) is 0 Å². The molecule has 8 nitrogen and oxygen atoms in total. The Morgan fingerprint density at radius 1 is 1.10 bits per heavy atom. The number of nitrogens with one attached hydrogen (secondary N) is 1. The molecule has 2 aliphatic rings. The summed E-state index contributed by atoms with van der Waals surface area (Å²) in [5.41, 5.74) is 2.19. The van der Waals surface area contributed by atoms with E-state index < -0.39 is 5.60 Å². The molecule has 4 rings (SSSR count). The molecule has 1 N–H and O–H groups in total. The molecule has 2 aromatic carbocycles. The molecule has 0 aromatic heterocycles. The average molecular weight is 572 g/mol. The van der Waals surface area contributed by atoms with Crippen LogP contribution in [0.5, 0.6) is 11.5 Å². The topological polar surface area (TPSA) is 80.3 Å². The van der Waals surface area contributed by atoms with Crippen molar-refractivity contribution < 1.29 is 23.8 Å². The number of halogens is 1. The van der Waals surface area contributed by atoms with Gasteiger partial charge in [0.2, 0.25) is 11.8 Å². The van der Waals surface area contributed by atoms with E-state index in [0.717, 1.165) is 46.8 Å². The first-order valence-electron chi connectivity index (χ1n) is 14.2. The van der Waals surface area contributed by atoms with Gasteiger partial charge in [-0.15, -0.1) is 0 Å². The van der Waals surface area contributed by atoms with Crippen LogP contribution < -0.4 is 14.8 Å². The largest absolute Gasteiger partial charge is 0.494 e. The minimum Gasteiger partial charge on any atom is -0.494 e. The molecule has 1 atom stereocenters. The molecule has 2 aliphatic heterocycles.